The Balaban J connectivity index is 2.51. The number of aryl methyl sites for hydroxylation is 2. The molecule has 1 aromatic rings. The molecule has 1 rings (SSSR count). The van der Waals surface area contributed by atoms with Gasteiger partial charge in [0.05, 0.1) is 0 Å². The maximum atomic E-state index is 6.30. The first-order valence-corrected chi connectivity index (χ1v) is 9.62. The SMILES string of the molecule is CC(=CC=S)C(C)=CC(C)=C(N)CCC(C)CCc1ccc(C)cc1. The Morgan fingerprint density at radius 2 is 1.72 bits per heavy atom. The number of rotatable bonds is 9. The van der Waals surface area contributed by atoms with E-state index in [0.717, 1.165) is 25.0 Å². The molecule has 0 saturated carbocycles. The van der Waals surface area contributed by atoms with Gasteiger partial charge in [0, 0.05) is 11.1 Å². The summed E-state index contributed by atoms with van der Waals surface area (Å²) in [5.74, 6) is 0.675. The Morgan fingerprint density at radius 3 is 2.32 bits per heavy atom. The van der Waals surface area contributed by atoms with Gasteiger partial charge in [0.25, 0.3) is 0 Å². The number of hydrogen-bond donors (Lipinski definition) is 1. The number of hydrogen-bond acceptors (Lipinski definition) is 2. The molecule has 0 aliphatic rings. The third-order valence-corrected chi connectivity index (χ3v) is 4.97. The number of thiocarbonyl (C=S) groups is 1. The van der Waals surface area contributed by atoms with Gasteiger partial charge in [-0.2, -0.15) is 0 Å². The Kier molecular flexibility index (Phi) is 9.44. The Labute approximate surface area is 159 Å². The maximum Gasteiger partial charge on any atom is 0.0110 e. The summed E-state index contributed by atoms with van der Waals surface area (Å²) in [6.45, 7) is 10.7. The van der Waals surface area contributed by atoms with E-state index in [2.05, 4.69) is 65.0 Å². The molecular weight excluding hydrogens is 322 g/mol. The van der Waals surface area contributed by atoms with Crippen LogP contribution in [0.5, 0.6) is 0 Å². The molecule has 25 heavy (non-hydrogen) atoms. The molecule has 0 aliphatic carbocycles. The molecule has 0 radical (unpaired) electrons. The highest BCUT2D eigenvalue weighted by Crippen LogP contribution is 2.19. The van der Waals surface area contributed by atoms with Crippen molar-refractivity contribution in [3.05, 3.63) is 70.0 Å². The average molecular weight is 356 g/mol. The van der Waals surface area contributed by atoms with Crippen LogP contribution >= 0.6 is 12.2 Å². The molecule has 0 amide bonds. The highest BCUT2D eigenvalue weighted by molar-refractivity contribution is 7.79. The van der Waals surface area contributed by atoms with E-state index in [1.165, 1.54) is 34.3 Å². The van der Waals surface area contributed by atoms with Crippen LogP contribution in [-0.4, -0.2) is 5.37 Å². The van der Waals surface area contributed by atoms with Gasteiger partial charge < -0.3 is 5.73 Å². The minimum absolute atomic E-state index is 0.675. The highest BCUT2D eigenvalue weighted by atomic mass is 32.1. The number of allylic oxidation sites excluding steroid dienone is 6. The van der Waals surface area contributed by atoms with Gasteiger partial charge in [-0.3, -0.25) is 0 Å². The van der Waals surface area contributed by atoms with Crippen LogP contribution in [0.4, 0.5) is 0 Å². The van der Waals surface area contributed by atoms with Crippen LogP contribution in [0.3, 0.4) is 0 Å². The predicted molar refractivity (Wildman–Crippen MR) is 116 cm³/mol. The fourth-order valence-electron chi connectivity index (χ4n) is 2.68. The Hall–Kier alpha value is -1.67. The van der Waals surface area contributed by atoms with Crippen LogP contribution < -0.4 is 5.73 Å². The van der Waals surface area contributed by atoms with E-state index in [-0.39, 0.29) is 0 Å². The van der Waals surface area contributed by atoms with Gasteiger partial charge in [0.15, 0.2) is 0 Å². The second-order valence-electron chi connectivity index (χ2n) is 7.19. The second kappa shape index (κ2) is 11.0. The third kappa shape index (κ3) is 8.31. The summed E-state index contributed by atoms with van der Waals surface area (Å²) < 4.78 is 0. The van der Waals surface area contributed by atoms with Gasteiger partial charge in [0.1, 0.15) is 0 Å². The summed E-state index contributed by atoms with van der Waals surface area (Å²) in [5, 5.41) is 1.66. The summed E-state index contributed by atoms with van der Waals surface area (Å²) in [4.78, 5) is 0. The number of nitrogens with two attached hydrogens (primary N) is 1. The molecule has 0 bridgehead atoms. The zero-order valence-corrected chi connectivity index (χ0v) is 17.2. The molecule has 136 valence electrons. The second-order valence-corrected chi connectivity index (χ2v) is 7.46. The molecule has 0 spiro atoms. The fraction of sp³-hybridized carbons (Fsp3) is 0.435. The van der Waals surface area contributed by atoms with Gasteiger partial charge in [-0.15, -0.1) is 0 Å². The largest absolute Gasteiger partial charge is 0.402 e. The van der Waals surface area contributed by atoms with Crippen LogP contribution in [0.1, 0.15) is 58.1 Å². The first-order chi connectivity index (χ1) is 11.8. The van der Waals surface area contributed by atoms with E-state index in [1.54, 1.807) is 5.37 Å². The quantitative estimate of drug-likeness (QED) is 0.312. The zero-order chi connectivity index (χ0) is 18.8. The summed E-state index contributed by atoms with van der Waals surface area (Å²) in [6, 6.07) is 8.87. The first kappa shape index (κ1) is 21.4. The fourth-order valence-corrected chi connectivity index (χ4v) is 2.88. The molecule has 0 aromatic heterocycles. The van der Waals surface area contributed by atoms with E-state index in [4.69, 9.17) is 18.0 Å². The van der Waals surface area contributed by atoms with E-state index in [9.17, 15) is 0 Å². The van der Waals surface area contributed by atoms with Crippen molar-refractivity contribution in [2.45, 2.75) is 60.3 Å². The van der Waals surface area contributed by atoms with Crippen molar-refractivity contribution in [1.82, 2.24) is 0 Å². The van der Waals surface area contributed by atoms with Crippen molar-refractivity contribution >= 4 is 17.6 Å². The minimum Gasteiger partial charge on any atom is -0.402 e. The minimum atomic E-state index is 0.675. The summed E-state index contributed by atoms with van der Waals surface area (Å²) in [5.41, 5.74) is 13.6. The van der Waals surface area contributed by atoms with Gasteiger partial charge >= 0.3 is 0 Å². The molecular formula is C23H33NS. The lowest BCUT2D eigenvalue weighted by Crippen LogP contribution is -2.05. The smallest absolute Gasteiger partial charge is 0.0110 e. The molecule has 2 heteroatoms. The van der Waals surface area contributed by atoms with Crippen LogP contribution in [0.2, 0.25) is 0 Å². The van der Waals surface area contributed by atoms with Crippen molar-refractivity contribution in [3.8, 4) is 0 Å². The van der Waals surface area contributed by atoms with Crippen LogP contribution in [-0.2, 0) is 6.42 Å². The van der Waals surface area contributed by atoms with E-state index in [0.29, 0.717) is 5.92 Å². The third-order valence-electron chi connectivity index (χ3n) is 4.83. The molecule has 0 heterocycles. The van der Waals surface area contributed by atoms with Crippen LogP contribution in [0.25, 0.3) is 0 Å². The molecule has 2 N–H and O–H groups in total. The maximum absolute atomic E-state index is 6.30. The van der Waals surface area contributed by atoms with Crippen molar-refractivity contribution in [2.24, 2.45) is 11.7 Å². The summed E-state index contributed by atoms with van der Waals surface area (Å²) >= 11 is 4.88. The van der Waals surface area contributed by atoms with Gasteiger partial charge in [-0.25, -0.2) is 0 Å². The molecule has 1 atom stereocenters. The Morgan fingerprint density at radius 1 is 1.08 bits per heavy atom. The lowest BCUT2D eigenvalue weighted by molar-refractivity contribution is 0.490. The van der Waals surface area contributed by atoms with Gasteiger partial charge in [-0.1, -0.05) is 55.0 Å². The molecule has 0 aliphatic heterocycles. The van der Waals surface area contributed by atoms with Crippen molar-refractivity contribution in [2.75, 3.05) is 0 Å². The van der Waals surface area contributed by atoms with Crippen LogP contribution in [0, 0.1) is 12.8 Å². The topological polar surface area (TPSA) is 26.0 Å². The first-order valence-electron chi connectivity index (χ1n) is 9.15. The zero-order valence-electron chi connectivity index (χ0n) is 16.4. The van der Waals surface area contributed by atoms with Crippen molar-refractivity contribution in [1.29, 1.82) is 0 Å². The van der Waals surface area contributed by atoms with Crippen molar-refractivity contribution in [3.63, 3.8) is 0 Å². The van der Waals surface area contributed by atoms with Gasteiger partial charge in [-0.05, 0) is 87.7 Å². The van der Waals surface area contributed by atoms with E-state index in [1.807, 2.05) is 6.08 Å². The monoisotopic (exact) mass is 355 g/mol. The lowest BCUT2D eigenvalue weighted by Gasteiger charge is -2.13. The highest BCUT2D eigenvalue weighted by Gasteiger charge is 2.05. The molecule has 0 saturated heterocycles. The number of benzene rings is 1. The van der Waals surface area contributed by atoms with Crippen LogP contribution in [0.15, 0.2) is 58.8 Å². The predicted octanol–water partition coefficient (Wildman–Crippen LogP) is 6.47. The van der Waals surface area contributed by atoms with E-state index < -0.39 is 0 Å². The summed E-state index contributed by atoms with van der Waals surface area (Å²) in [7, 11) is 0. The van der Waals surface area contributed by atoms with Gasteiger partial charge in [0.2, 0.25) is 0 Å². The standard InChI is InChI=1S/C23H33NS/c1-17-6-10-22(11-7-17)12-8-18(2)9-13-23(24)21(5)16-20(4)19(3)14-15-25/h6-7,10-11,14-16,18H,8-9,12-13,24H2,1-5H3. The summed E-state index contributed by atoms with van der Waals surface area (Å²) in [6.07, 6.45) is 8.57. The molecule has 0 fully saturated rings. The normalized spacial score (nSPS) is 14.9. The lowest BCUT2D eigenvalue weighted by atomic mass is 9.95. The van der Waals surface area contributed by atoms with Crippen molar-refractivity contribution < 1.29 is 0 Å². The molecule has 1 aromatic carbocycles. The molecule has 1 unspecified atom stereocenters. The average Bonchev–Trinajstić information content (AvgIpc) is 2.59. The molecule has 1 nitrogen and oxygen atoms in total. The van der Waals surface area contributed by atoms with E-state index >= 15 is 0 Å². The Bertz CT molecular complexity index is 647.